The first-order valence-electron chi connectivity index (χ1n) is 12.4. The third kappa shape index (κ3) is 4.83. The van der Waals surface area contributed by atoms with Gasteiger partial charge in [-0.15, -0.1) is 0 Å². The summed E-state index contributed by atoms with van der Waals surface area (Å²) < 4.78 is 5.70. The van der Waals surface area contributed by atoms with Crippen molar-refractivity contribution in [2.24, 2.45) is 5.92 Å². The molecular formula is C29H22ClN3O5S2. The molecule has 1 saturated heterocycles. The summed E-state index contributed by atoms with van der Waals surface area (Å²) in [5, 5.41) is 3.25. The molecule has 0 radical (unpaired) electrons. The van der Waals surface area contributed by atoms with E-state index in [1.54, 1.807) is 36.4 Å². The first-order valence-corrected chi connectivity index (χ1v) is 14.5. The van der Waals surface area contributed by atoms with Gasteiger partial charge in [0.2, 0.25) is 11.8 Å². The minimum atomic E-state index is -0.696. The van der Waals surface area contributed by atoms with E-state index < -0.39 is 17.1 Å². The number of aromatic amines is 1. The second-order valence-corrected chi connectivity index (χ2v) is 12.1. The number of H-pyrrole nitrogens is 1. The maximum atomic E-state index is 13.8. The predicted molar refractivity (Wildman–Crippen MR) is 156 cm³/mol. The number of amides is 3. The van der Waals surface area contributed by atoms with Crippen LogP contribution in [-0.4, -0.2) is 34.6 Å². The molecule has 1 aromatic heterocycles. The van der Waals surface area contributed by atoms with Crippen molar-refractivity contribution in [3.05, 3.63) is 103 Å². The summed E-state index contributed by atoms with van der Waals surface area (Å²) in [5.74, 6) is -1.66. The number of carbonyl (C=O) groups excluding carboxylic acids is 3. The normalized spacial score (nSPS) is 19.8. The monoisotopic (exact) mass is 591 g/mol. The third-order valence-electron chi connectivity index (χ3n) is 6.94. The molecule has 202 valence electrons. The molecule has 0 aliphatic carbocycles. The van der Waals surface area contributed by atoms with E-state index in [1.165, 1.54) is 16.7 Å². The highest BCUT2D eigenvalue weighted by atomic mass is 35.5. The number of halogens is 1. The van der Waals surface area contributed by atoms with Crippen LogP contribution in [0.15, 0.2) is 82.6 Å². The number of hydrogen-bond donors (Lipinski definition) is 2. The van der Waals surface area contributed by atoms with Crippen molar-refractivity contribution in [1.82, 2.24) is 4.98 Å². The number of thioether (sulfide) groups is 1. The summed E-state index contributed by atoms with van der Waals surface area (Å²) in [6.45, 7) is 1.73. The van der Waals surface area contributed by atoms with E-state index in [-0.39, 0.29) is 29.2 Å². The van der Waals surface area contributed by atoms with Crippen LogP contribution in [0.3, 0.4) is 0 Å². The van der Waals surface area contributed by atoms with Gasteiger partial charge in [-0.05, 0) is 60.5 Å². The fraction of sp³-hybridized carbons (Fsp3) is 0.172. The molecule has 8 nitrogen and oxygen atoms in total. The Morgan fingerprint density at radius 2 is 1.73 bits per heavy atom. The minimum absolute atomic E-state index is 0.176. The Hall–Kier alpha value is -3.86. The Balaban J connectivity index is 1.25. The quantitative estimate of drug-likeness (QED) is 0.298. The topological polar surface area (TPSA) is 109 Å². The first-order chi connectivity index (χ1) is 19.3. The van der Waals surface area contributed by atoms with Crippen molar-refractivity contribution in [3.8, 4) is 5.75 Å². The van der Waals surface area contributed by atoms with E-state index >= 15 is 0 Å². The average Bonchev–Trinajstić information content (AvgIpc) is 3.44. The second-order valence-electron chi connectivity index (χ2n) is 9.46. The molecule has 3 aromatic carbocycles. The van der Waals surface area contributed by atoms with E-state index in [0.717, 1.165) is 33.0 Å². The zero-order valence-electron chi connectivity index (χ0n) is 21.1. The lowest BCUT2D eigenvalue weighted by atomic mass is 9.83. The summed E-state index contributed by atoms with van der Waals surface area (Å²) >= 11 is 8.29. The van der Waals surface area contributed by atoms with E-state index in [4.69, 9.17) is 16.3 Å². The predicted octanol–water partition coefficient (Wildman–Crippen LogP) is 5.21. The molecular weight excluding hydrogens is 570 g/mol. The maximum Gasteiger partial charge on any atom is 0.305 e. The van der Waals surface area contributed by atoms with E-state index in [1.807, 2.05) is 43.3 Å². The molecule has 3 heterocycles. The number of para-hydroxylation sites is 1. The van der Waals surface area contributed by atoms with Gasteiger partial charge in [-0.25, -0.2) is 4.90 Å². The average molecular weight is 592 g/mol. The summed E-state index contributed by atoms with van der Waals surface area (Å²) in [4.78, 5) is 56.5. The minimum Gasteiger partial charge on any atom is -0.484 e. The smallest absolute Gasteiger partial charge is 0.305 e. The van der Waals surface area contributed by atoms with Gasteiger partial charge in [-0.3, -0.25) is 19.2 Å². The number of aryl methyl sites for hydroxylation is 1. The van der Waals surface area contributed by atoms with Crippen molar-refractivity contribution in [1.29, 1.82) is 0 Å². The lowest BCUT2D eigenvalue weighted by Gasteiger charge is -2.29. The molecule has 3 amide bonds. The Morgan fingerprint density at radius 1 is 1.00 bits per heavy atom. The maximum absolute atomic E-state index is 13.8. The fourth-order valence-electron chi connectivity index (χ4n) is 5.04. The van der Waals surface area contributed by atoms with Crippen LogP contribution in [0.2, 0.25) is 5.02 Å². The number of imide groups is 1. The highest BCUT2D eigenvalue weighted by Gasteiger charge is 2.56. The van der Waals surface area contributed by atoms with Gasteiger partial charge in [0.15, 0.2) is 6.61 Å². The Bertz CT molecular complexity index is 1680. The van der Waals surface area contributed by atoms with Crippen LogP contribution >= 0.6 is 34.7 Å². The number of hydrogen-bond acceptors (Lipinski definition) is 7. The van der Waals surface area contributed by atoms with Crippen molar-refractivity contribution < 1.29 is 19.1 Å². The molecule has 0 saturated carbocycles. The zero-order valence-corrected chi connectivity index (χ0v) is 23.4. The van der Waals surface area contributed by atoms with Crippen molar-refractivity contribution in [3.63, 3.8) is 0 Å². The Morgan fingerprint density at radius 3 is 2.45 bits per heavy atom. The van der Waals surface area contributed by atoms with E-state index in [9.17, 15) is 19.2 Å². The molecule has 0 bridgehead atoms. The summed E-state index contributed by atoms with van der Waals surface area (Å²) in [7, 11) is 0. The molecule has 2 N–H and O–H groups in total. The third-order valence-corrected chi connectivity index (χ3v) is 9.59. The molecule has 1 fully saturated rings. The van der Waals surface area contributed by atoms with Crippen molar-refractivity contribution in [2.45, 2.75) is 23.1 Å². The zero-order chi connectivity index (χ0) is 28.0. The SMILES string of the molecule is Cc1ccccc1NC(=O)COc1ccc([C@H]2c3sc(=O)[nH]c3SC3C(=O)N(c4ccc(Cl)cc4)C(=O)C32)cc1. The first kappa shape index (κ1) is 26.4. The van der Waals surface area contributed by atoms with Gasteiger partial charge >= 0.3 is 4.87 Å². The van der Waals surface area contributed by atoms with Gasteiger partial charge in [0.25, 0.3) is 5.91 Å². The molecule has 3 atom stereocenters. The summed E-state index contributed by atoms with van der Waals surface area (Å²) in [6.07, 6.45) is 0. The van der Waals surface area contributed by atoms with E-state index in [2.05, 4.69) is 10.3 Å². The number of rotatable bonds is 6. The Kier molecular flexibility index (Phi) is 6.99. The number of nitrogens with zero attached hydrogens (tertiary/aromatic N) is 1. The van der Waals surface area contributed by atoms with E-state index in [0.29, 0.717) is 21.5 Å². The molecule has 11 heteroatoms. The molecule has 0 spiro atoms. The summed E-state index contributed by atoms with van der Waals surface area (Å²) in [6, 6.07) is 21.1. The van der Waals surface area contributed by atoms with Crippen LogP contribution in [-0.2, 0) is 14.4 Å². The van der Waals surface area contributed by atoms with Crippen LogP contribution in [0.4, 0.5) is 11.4 Å². The highest BCUT2D eigenvalue weighted by molar-refractivity contribution is 8.00. The number of thiazole rings is 1. The largest absolute Gasteiger partial charge is 0.484 e. The fourth-order valence-corrected chi connectivity index (χ4v) is 7.68. The van der Waals surface area contributed by atoms with Gasteiger partial charge in [-0.1, -0.05) is 65.0 Å². The van der Waals surface area contributed by atoms with Gasteiger partial charge in [0, 0.05) is 21.5 Å². The molecule has 4 aromatic rings. The van der Waals surface area contributed by atoms with Gasteiger partial charge < -0.3 is 15.0 Å². The second kappa shape index (κ2) is 10.6. The Labute approximate surface area is 242 Å². The standard InChI is InChI=1S/C29H22ClN3O5S2/c1-15-4-2-3-5-20(15)31-21(34)14-38-19-12-6-16(7-13-19)22-23-25(39-26-24(22)40-29(37)32-26)28(36)33(27(23)35)18-10-8-17(30)9-11-18/h2-13,22-23,25H,14H2,1H3,(H,31,34)(H,32,37)/t22-,23?,25?/m1/s1. The molecule has 2 aliphatic rings. The lowest BCUT2D eigenvalue weighted by Crippen LogP contribution is -2.32. The number of ether oxygens (including phenoxy) is 1. The molecule has 2 aliphatic heterocycles. The number of fused-ring (bicyclic) bond motifs is 2. The summed E-state index contributed by atoms with van der Waals surface area (Å²) in [5.41, 5.74) is 2.89. The van der Waals surface area contributed by atoms with Gasteiger partial charge in [0.05, 0.1) is 16.6 Å². The number of aromatic nitrogens is 1. The lowest BCUT2D eigenvalue weighted by molar-refractivity contribution is -0.122. The number of anilines is 2. The van der Waals surface area contributed by atoms with Crippen LogP contribution in [0.5, 0.6) is 5.75 Å². The van der Waals surface area contributed by atoms with Crippen LogP contribution in [0.25, 0.3) is 0 Å². The van der Waals surface area contributed by atoms with Gasteiger partial charge in [-0.2, -0.15) is 0 Å². The molecule has 6 rings (SSSR count). The molecule has 40 heavy (non-hydrogen) atoms. The van der Waals surface area contributed by atoms with Crippen LogP contribution < -0.4 is 19.8 Å². The van der Waals surface area contributed by atoms with Gasteiger partial charge in [0.1, 0.15) is 11.0 Å². The van der Waals surface area contributed by atoms with Crippen molar-refractivity contribution >= 4 is 63.8 Å². The molecule has 2 unspecified atom stereocenters. The number of carbonyl (C=O) groups is 3. The van der Waals surface area contributed by atoms with Crippen LogP contribution in [0.1, 0.15) is 21.9 Å². The highest BCUT2D eigenvalue weighted by Crippen LogP contribution is 2.53. The van der Waals surface area contributed by atoms with Crippen LogP contribution in [0, 0.1) is 12.8 Å². The van der Waals surface area contributed by atoms with Crippen molar-refractivity contribution in [2.75, 3.05) is 16.8 Å². The number of nitrogens with one attached hydrogen (secondary N) is 2. The number of benzene rings is 3.